The van der Waals surface area contributed by atoms with E-state index in [0.717, 1.165) is 18.8 Å². The Morgan fingerprint density at radius 1 is 1.35 bits per heavy atom. The van der Waals surface area contributed by atoms with Crippen molar-refractivity contribution in [3.8, 4) is 0 Å². The Balaban J connectivity index is 1.98. The molecule has 2 N–H and O–H groups in total. The van der Waals surface area contributed by atoms with Crippen LogP contribution in [-0.4, -0.2) is 52.4 Å². The van der Waals surface area contributed by atoms with Crippen molar-refractivity contribution in [3.63, 3.8) is 0 Å². The van der Waals surface area contributed by atoms with E-state index in [1.807, 2.05) is 25.7 Å². The van der Waals surface area contributed by atoms with Crippen LogP contribution in [0.2, 0.25) is 0 Å². The zero-order valence-electron chi connectivity index (χ0n) is 12.2. The third kappa shape index (κ3) is 2.86. The van der Waals surface area contributed by atoms with Gasteiger partial charge in [-0.15, -0.1) is 0 Å². The summed E-state index contributed by atoms with van der Waals surface area (Å²) in [5.74, 6) is 0.774. The summed E-state index contributed by atoms with van der Waals surface area (Å²) in [6, 6.07) is 1.77. The first-order chi connectivity index (χ1) is 9.32. The van der Waals surface area contributed by atoms with Gasteiger partial charge in [-0.2, -0.15) is 0 Å². The maximum absolute atomic E-state index is 12.3. The summed E-state index contributed by atoms with van der Waals surface area (Å²) in [5, 5.41) is 0. The monoisotopic (exact) mass is 295 g/mol. The number of nitrogens with two attached hydrogens (primary N) is 1. The predicted molar refractivity (Wildman–Crippen MR) is 81.8 cm³/mol. The molecule has 1 fully saturated rings. The molecule has 0 aliphatic carbocycles. The Kier molecular flexibility index (Phi) is 4.15. The molecule has 0 atom stereocenters. The van der Waals surface area contributed by atoms with E-state index in [4.69, 9.17) is 22.4 Å². The minimum atomic E-state index is -0.309. The van der Waals surface area contributed by atoms with Crippen molar-refractivity contribution in [2.45, 2.75) is 26.3 Å². The van der Waals surface area contributed by atoms with E-state index < -0.39 is 0 Å². The van der Waals surface area contributed by atoms with Crippen molar-refractivity contribution in [3.05, 3.63) is 23.7 Å². The molecule has 6 heteroatoms. The first-order valence-corrected chi connectivity index (χ1v) is 7.12. The molecule has 0 radical (unpaired) electrons. The summed E-state index contributed by atoms with van der Waals surface area (Å²) >= 11 is 5.12. The molecular weight excluding hydrogens is 274 g/mol. The summed E-state index contributed by atoms with van der Waals surface area (Å²) in [5.41, 5.74) is 6.09. The molecule has 20 heavy (non-hydrogen) atoms. The fourth-order valence-electron chi connectivity index (χ4n) is 2.36. The van der Waals surface area contributed by atoms with Crippen LogP contribution < -0.4 is 5.73 Å². The number of carbonyl (C=O) groups excluding carboxylic acids is 1. The van der Waals surface area contributed by atoms with Crippen LogP contribution in [0.5, 0.6) is 0 Å². The summed E-state index contributed by atoms with van der Waals surface area (Å²) in [7, 11) is 0. The quantitative estimate of drug-likeness (QED) is 0.854. The van der Waals surface area contributed by atoms with Crippen molar-refractivity contribution in [2.24, 2.45) is 5.73 Å². The van der Waals surface area contributed by atoms with Crippen LogP contribution in [0, 0.1) is 6.92 Å². The van der Waals surface area contributed by atoms with Gasteiger partial charge in [0, 0.05) is 26.2 Å². The van der Waals surface area contributed by atoms with Gasteiger partial charge in [0.2, 0.25) is 0 Å². The number of thiocarbonyl (C=S) groups is 1. The topological polar surface area (TPSA) is 62.7 Å². The molecule has 0 spiro atoms. The number of furan rings is 1. The maximum Gasteiger partial charge on any atom is 0.257 e. The van der Waals surface area contributed by atoms with E-state index in [-0.39, 0.29) is 11.4 Å². The smallest absolute Gasteiger partial charge is 0.257 e. The second kappa shape index (κ2) is 5.54. The summed E-state index contributed by atoms with van der Waals surface area (Å²) in [6.07, 6.45) is 1.52. The Labute approximate surface area is 124 Å². The molecule has 110 valence electrons. The van der Waals surface area contributed by atoms with Crippen molar-refractivity contribution in [1.29, 1.82) is 0 Å². The van der Waals surface area contributed by atoms with Gasteiger partial charge < -0.3 is 15.1 Å². The van der Waals surface area contributed by atoms with E-state index in [9.17, 15) is 4.79 Å². The lowest BCUT2D eigenvalue weighted by Gasteiger charge is -2.43. The summed E-state index contributed by atoms with van der Waals surface area (Å²) < 4.78 is 5.19. The number of carbonyl (C=O) groups is 1. The molecule has 0 bridgehead atoms. The first-order valence-electron chi connectivity index (χ1n) is 6.71. The lowest BCUT2D eigenvalue weighted by Crippen LogP contribution is -2.59. The van der Waals surface area contributed by atoms with Gasteiger partial charge in [-0.25, -0.2) is 0 Å². The third-order valence-electron chi connectivity index (χ3n) is 3.94. The maximum atomic E-state index is 12.3. The van der Waals surface area contributed by atoms with Gasteiger partial charge in [0.25, 0.3) is 5.91 Å². The number of amides is 1. The minimum absolute atomic E-state index is 0.0228. The summed E-state index contributed by atoms with van der Waals surface area (Å²) in [6.45, 7) is 8.77. The molecular formula is C14H21N3O2S. The largest absolute Gasteiger partial charge is 0.469 e. The second-order valence-electron chi connectivity index (χ2n) is 5.65. The Bertz CT molecular complexity index is 516. The lowest BCUT2D eigenvalue weighted by atomic mass is 10.0. The normalized spacial score (nSPS) is 17.2. The first kappa shape index (κ1) is 15.0. The van der Waals surface area contributed by atoms with E-state index in [1.54, 1.807) is 6.07 Å². The highest BCUT2D eigenvalue weighted by Crippen LogP contribution is 2.19. The molecule has 0 saturated carbocycles. The Morgan fingerprint density at radius 3 is 2.40 bits per heavy atom. The van der Waals surface area contributed by atoms with Crippen molar-refractivity contribution >= 4 is 23.1 Å². The van der Waals surface area contributed by atoms with Gasteiger partial charge in [0.1, 0.15) is 12.0 Å². The highest BCUT2D eigenvalue weighted by Gasteiger charge is 2.33. The highest BCUT2D eigenvalue weighted by atomic mass is 32.1. The third-order valence-corrected chi connectivity index (χ3v) is 4.44. The lowest BCUT2D eigenvalue weighted by molar-refractivity contribution is 0.0539. The molecule has 0 unspecified atom stereocenters. The van der Waals surface area contributed by atoms with Gasteiger partial charge in [-0.3, -0.25) is 9.69 Å². The predicted octanol–water partition coefficient (Wildman–Crippen LogP) is 1.41. The fourth-order valence-corrected chi connectivity index (χ4v) is 2.49. The van der Waals surface area contributed by atoms with Crippen LogP contribution in [0.25, 0.3) is 0 Å². The van der Waals surface area contributed by atoms with Gasteiger partial charge in [0.05, 0.1) is 16.1 Å². The van der Waals surface area contributed by atoms with Gasteiger partial charge in [0.15, 0.2) is 0 Å². The number of piperazine rings is 1. The van der Waals surface area contributed by atoms with Crippen molar-refractivity contribution in [2.75, 3.05) is 26.2 Å². The van der Waals surface area contributed by atoms with Crippen molar-refractivity contribution < 1.29 is 9.21 Å². The van der Waals surface area contributed by atoms with Gasteiger partial charge >= 0.3 is 0 Å². The van der Waals surface area contributed by atoms with E-state index in [0.29, 0.717) is 23.6 Å². The van der Waals surface area contributed by atoms with Gasteiger partial charge in [-0.05, 0) is 26.8 Å². The summed E-state index contributed by atoms with van der Waals surface area (Å²) in [4.78, 5) is 16.9. The zero-order chi connectivity index (χ0) is 14.9. The zero-order valence-corrected chi connectivity index (χ0v) is 13.0. The second-order valence-corrected chi connectivity index (χ2v) is 6.09. The van der Waals surface area contributed by atoms with Gasteiger partial charge in [-0.1, -0.05) is 12.2 Å². The van der Waals surface area contributed by atoms with Crippen LogP contribution in [0.4, 0.5) is 0 Å². The number of hydrogen-bond donors (Lipinski definition) is 1. The SMILES string of the molecule is Cc1cc(C(=O)N2CCN(C(C)(C)C(N)=S)CC2)co1. The molecule has 1 aliphatic rings. The molecule has 1 amide bonds. The van der Waals surface area contributed by atoms with E-state index in [2.05, 4.69) is 4.90 Å². The van der Waals surface area contributed by atoms with Crippen LogP contribution >= 0.6 is 12.2 Å². The number of rotatable bonds is 3. The average Bonchev–Trinajstić information content (AvgIpc) is 2.84. The standard InChI is InChI=1S/C14H21N3O2S/c1-10-8-11(9-19-10)12(18)16-4-6-17(7-5-16)14(2,3)13(15)20/h8-9H,4-7H2,1-3H3,(H2,15,20). The average molecular weight is 295 g/mol. The Morgan fingerprint density at radius 2 is 1.95 bits per heavy atom. The number of nitrogens with zero attached hydrogens (tertiary/aromatic N) is 2. The number of hydrogen-bond acceptors (Lipinski definition) is 4. The Hall–Kier alpha value is -1.40. The van der Waals surface area contributed by atoms with Crippen LogP contribution in [0.3, 0.4) is 0 Å². The molecule has 5 nitrogen and oxygen atoms in total. The minimum Gasteiger partial charge on any atom is -0.469 e. The van der Waals surface area contributed by atoms with Crippen LogP contribution in [0.15, 0.2) is 16.7 Å². The van der Waals surface area contributed by atoms with E-state index >= 15 is 0 Å². The molecule has 1 saturated heterocycles. The van der Waals surface area contributed by atoms with Crippen molar-refractivity contribution in [1.82, 2.24) is 9.80 Å². The van der Waals surface area contributed by atoms with E-state index in [1.165, 1.54) is 6.26 Å². The molecule has 2 rings (SSSR count). The van der Waals surface area contributed by atoms with Crippen LogP contribution in [0.1, 0.15) is 30.0 Å². The molecule has 1 aromatic rings. The fraction of sp³-hybridized carbons (Fsp3) is 0.571. The molecule has 1 aromatic heterocycles. The number of aryl methyl sites for hydroxylation is 1. The highest BCUT2D eigenvalue weighted by molar-refractivity contribution is 7.80. The molecule has 1 aliphatic heterocycles. The molecule has 0 aromatic carbocycles. The molecule has 2 heterocycles. The van der Waals surface area contributed by atoms with Crippen LogP contribution in [-0.2, 0) is 0 Å².